The van der Waals surface area contributed by atoms with Crippen LogP contribution in [0.5, 0.6) is 5.75 Å². The fraction of sp³-hybridized carbons (Fsp3) is 0.238. The second-order valence-corrected chi connectivity index (χ2v) is 6.56. The zero-order valence-electron chi connectivity index (χ0n) is 15.5. The van der Waals surface area contributed by atoms with Crippen molar-refractivity contribution in [3.63, 3.8) is 0 Å². The smallest absolute Gasteiger partial charge is 0.340 e. The largest absolute Gasteiger partial charge is 0.487 e. The topological polar surface area (TPSA) is 76.8 Å². The van der Waals surface area contributed by atoms with E-state index in [4.69, 9.17) is 14.6 Å². The second-order valence-electron chi connectivity index (χ2n) is 6.56. The molecular formula is C21H21N3O4. The van der Waals surface area contributed by atoms with E-state index < -0.39 is 5.97 Å². The number of carbonyl (C=O) groups excluding carboxylic acids is 1. The average molecular weight is 379 g/mol. The van der Waals surface area contributed by atoms with Crippen LogP contribution in [0, 0.1) is 0 Å². The van der Waals surface area contributed by atoms with Gasteiger partial charge in [-0.3, -0.25) is 0 Å². The molecule has 4 rings (SSSR count). The zero-order chi connectivity index (χ0) is 19.5. The van der Waals surface area contributed by atoms with Gasteiger partial charge in [-0.15, -0.1) is 0 Å². The van der Waals surface area contributed by atoms with Crippen LogP contribution in [0.2, 0.25) is 0 Å². The van der Waals surface area contributed by atoms with Crippen LogP contribution in [0.4, 0.5) is 5.69 Å². The molecule has 1 aliphatic heterocycles. The molecule has 1 aliphatic rings. The van der Waals surface area contributed by atoms with E-state index >= 15 is 0 Å². The summed E-state index contributed by atoms with van der Waals surface area (Å²) in [5.74, 6) is 0.377. The Bertz CT molecular complexity index is 948. The van der Waals surface area contributed by atoms with Gasteiger partial charge in [0.05, 0.1) is 38.1 Å². The first-order chi connectivity index (χ1) is 13.7. The van der Waals surface area contributed by atoms with Crippen molar-refractivity contribution in [1.82, 2.24) is 9.78 Å². The van der Waals surface area contributed by atoms with E-state index in [9.17, 15) is 4.79 Å². The first-order valence-electron chi connectivity index (χ1n) is 9.02. The number of rotatable bonds is 6. The van der Waals surface area contributed by atoms with Crippen molar-refractivity contribution < 1.29 is 19.4 Å². The quantitative estimate of drug-likeness (QED) is 0.663. The van der Waals surface area contributed by atoms with E-state index in [1.807, 2.05) is 48.7 Å². The highest BCUT2D eigenvalue weighted by Crippen LogP contribution is 2.32. The molecule has 0 radical (unpaired) electrons. The zero-order valence-corrected chi connectivity index (χ0v) is 15.5. The van der Waals surface area contributed by atoms with E-state index in [1.165, 1.54) is 7.11 Å². The molecule has 7 heteroatoms. The number of aromatic nitrogens is 2. The fourth-order valence-corrected chi connectivity index (χ4v) is 3.28. The van der Waals surface area contributed by atoms with Crippen molar-refractivity contribution in [2.24, 2.45) is 0 Å². The minimum Gasteiger partial charge on any atom is -0.487 e. The van der Waals surface area contributed by atoms with E-state index in [-0.39, 0.29) is 12.7 Å². The fourth-order valence-electron chi connectivity index (χ4n) is 3.28. The molecule has 28 heavy (non-hydrogen) atoms. The Morgan fingerprint density at radius 2 is 1.96 bits per heavy atom. The summed E-state index contributed by atoms with van der Waals surface area (Å²) in [4.78, 5) is 14.4. The molecule has 3 aromatic rings. The molecule has 1 aromatic heterocycles. The molecule has 1 saturated heterocycles. The maximum atomic E-state index is 12.2. The lowest BCUT2D eigenvalue weighted by atomic mass is 10.1. The lowest BCUT2D eigenvalue weighted by Crippen LogP contribution is -2.54. The third-order valence-electron chi connectivity index (χ3n) is 4.75. The Balaban J connectivity index is 1.53. The van der Waals surface area contributed by atoms with Gasteiger partial charge in [-0.05, 0) is 35.9 Å². The molecule has 0 atom stereocenters. The number of aliphatic hydroxyl groups excluding tert-OH is 1. The summed E-state index contributed by atoms with van der Waals surface area (Å²) in [6, 6.07) is 14.8. The normalized spacial score (nSPS) is 13.9. The molecule has 1 N–H and O–H groups in total. The van der Waals surface area contributed by atoms with Gasteiger partial charge in [0.15, 0.2) is 0 Å². The first kappa shape index (κ1) is 18.1. The third kappa shape index (κ3) is 3.44. The summed E-state index contributed by atoms with van der Waals surface area (Å²) in [6.45, 7) is 1.41. The number of aliphatic hydroxyl groups is 1. The standard InChI is InChI=1S/C21H21N3O4/c1-27-21(26)18-4-2-5-19(20(18)24-11-3-10-22-24)23-12-17(13-23)28-16-8-6-15(14-25)7-9-16/h2-11,17,25H,12-14H2,1H3. The van der Waals surface area contributed by atoms with Gasteiger partial charge in [0, 0.05) is 12.4 Å². The Hall–Kier alpha value is -3.32. The van der Waals surface area contributed by atoms with Crippen LogP contribution in [-0.4, -0.2) is 47.2 Å². The highest BCUT2D eigenvalue weighted by molar-refractivity contribution is 5.96. The summed E-state index contributed by atoms with van der Waals surface area (Å²) in [5.41, 5.74) is 2.92. The lowest BCUT2D eigenvalue weighted by Gasteiger charge is -2.41. The van der Waals surface area contributed by atoms with Gasteiger partial charge < -0.3 is 19.5 Å². The molecule has 0 saturated carbocycles. The van der Waals surface area contributed by atoms with Gasteiger partial charge in [0.2, 0.25) is 0 Å². The van der Waals surface area contributed by atoms with E-state index in [2.05, 4.69) is 10.00 Å². The number of esters is 1. The summed E-state index contributed by atoms with van der Waals surface area (Å²) in [7, 11) is 1.37. The summed E-state index contributed by atoms with van der Waals surface area (Å²) in [5, 5.41) is 13.4. The van der Waals surface area contributed by atoms with Gasteiger partial charge in [0.1, 0.15) is 17.5 Å². The highest BCUT2D eigenvalue weighted by Gasteiger charge is 2.32. The Labute approximate surface area is 162 Å². The van der Waals surface area contributed by atoms with Crippen molar-refractivity contribution in [2.45, 2.75) is 12.7 Å². The SMILES string of the molecule is COC(=O)c1cccc(N2CC(Oc3ccc(CO)cc3)C2)c1-n1cccn1. The molecule has 0 bridgehead atoms. The number of methoxy groups -OCH3 is 1. The van der Waals surface area contributed by atoms with Crippen LogP contribution in [0.25, 0.3) is 5.69 Å². The third-order valence-corrected chi connectivity index (χ3v) is 4.75. The Kier molecular flexibility index (Phi) is 4.99. The molecule has 1 fully saturated rings. The van der Waals surface area contributed by atoms with Crippen LogP contribution in [-0.2, 0) is 11.3 Å². The second kappa shape index (κ2) is 7.74. The molecular weight excluding hydrogens is 358 g/mol. The monoisotopic (exact) mass is 379 g/mol. The van der Waals surface area contributed by atoms with Gasteiger partial charge in [-0.2, -0.15) is 5.10 Å². The van der Waals surface area contributed by atoms with Crippen molar-refractivity contribution in [3.05, 3.63) is 72.1 Å². The number of anilines is 1. The average Bonchev–Trinajstić information content (AvgIpc) is 3.24. The Morgan fingerprint density at radius 1 is 1.18 bits per heavy atom. The van der Waals surface area contributed by atoms with Crippen LogP contribution in [0.3, 0.4) is 0 Å². The summed E-state index contributed by atoms with van der Waals surface area (Å²) in [6.07, 6.45) is 3.53. The lowest BCUT2D eigenvalue weighted by molar-refractivity contribution is 0.0600. The highest BCUT2D eigenvalue weighted by atomic mass is 16.5. The number of para-hydroxylation sites is 1. The molecule has 0 aliphatic carbocycles. The first-order valence-corrected chi connectivity index (χ1v) is 9.02. The number of nitrogens with zero attached hydrogens (tertiary/aromatic N) is 3. The molecule has 2 aromatic carbocycles. The summed E-state index contributed by atoms with van der Waals surface area (Å²) < 4.78 is 12.6. The maximum Gasteiger partial charge on any atom is 0.340 e. The number of benzene rings is 2. The van der Waals surface area contributed by atoms with Crippen molar-refractivity contribution in [1.29, 1.82) is 0 Å². The van der Waals surface area contributed by atoms with E-state index in [0.29, 0.717) is 24.3 Å². The van der Waals surface area contributed by atoms with E-state index in [0.717, 1.165) is 17.0 Å². The minimum absolute atomic E-state index is 0.0181. The van der Waals surface area contributed by atoms with Gasteiger partial charge >= 0.3 is 5.97 Å². The number of hydrogen-bond donors (Lipinski definition) is 1. The number of ether oxygens (including phenoxy) is 2. The van der Waals surface area contributed by atoms with Crippen molar-refractivity contribution >= 4 is 11.7 Å². The molecule has 0 spiro atoms. The summed E-state index contributed by atoms with van der Waals surface area (Å²) >= 11 is 0. The molecule has 7 nitrogen and oxygen atoms in total. The van der Waals surface area contributed by atoms with Gasteiger partial charge in [-0.25, -0.2) is 9.48 Å². The molecule has 0 amide bonds. The maximum absolute atomic E-state index is 12.2. The van der Waals surface area contributed by atoms with Crippen molar-refractivity contribution in [2.75, 3.05) is 25.1 Å². The van der Waals surface area contributed by atoms with Crippen LogP contribution >= 0.6 is 0 Å². The predicted molar refractivity (Wildman–Crippen MR) is 104 cm³/mol. The molecule has 0 unspecified atom stereocenters. The molecule has 2 heterocycles. The Morgan fingerprint density at radius 3 is 2.61 bits per heavy atom. The van der Waals surface area contributed by atoms with Crippen molar-refractivity contribution in [3.8, 4) is 11.4 Å². The van der Waals surface area contributed by atoms with Crippen LogP contribution in [0.15, 0.2) is 60.9 Å². The number of hydrogen-bond acceptors (Lipinski definition) is 6. The van der Waals surface area contributed by atoms with Gasteiger partial charge in [0.25, 0.3) is 0 Å². The number of carbonyl (C=O) groups is 1. The van der Waals surface area contributed by atoms with E-state index in [1.54, 1.807) is 16.9 Å². The van der Waals surface area contributed by atoms with Crippen LogP contribution < -0.4 is 9.64 Å². The molecule has 144 valence electrons. The predicted octanol–water partition coefficient (Wildman–Crippen LogP) is 2.42. The minimum atomic E-state index is -0.398. The van der Waals surface area contributed by atoms with Gasteiger partial charge in [-0.1, -0.05) is 18.2 Å². The van der Waals surface area contributed by atoms with Crippen LogP contribution in [0.1, 0.15) is 15.9 Å².